The van der Waals surface area contributed by atoms with Gasteiger partial charge in [0.25, 0.3) is 7.82 Å². The van der Waals surface area contributed by atoms with E-state index in [1.807, 2.05) is 21.1 Å². The predicted octanol–water partition coefficient (Wildman–Crippen LogP) is 14.4. The van der Waals surface area contributed by atoms with E-state index >= 15 is 0 Å². The molecule has 0 saturated carbocycles. The fourth-order valence-electron chi connectivity index (χ4n) is 7.19. The van der Waals surface area contributed by atoms with Crippen molar-refractivity contribution in [3.8, 4) is 0 Å². The van der Waals surface area contributed by atoms with E-state index < -0.39 is 13.9 Å². The fraction of sp³-hybridized carbons (Fsp3) is 0.939. The van der Waals surface area contributed by atoms with Crippen molar-refractivity contribution in [2.45, 2.75) is 245 Å². The Labute approximate surface area is 360 Å². The Morgan fingerprint density at radius 2 is 0.897 bits per heavy atom. The molecule has 0 aliphatic carbocycles. The summed E-state index contributed by atoms with van der Waals surface area (Å²) in [5.74, 6) is -0.330. The minimum atomic E-state index is -4.52. The molecular weight excluding hydrogens is 746 g/mol. The predicted molar refractivity (Wildman–Crippen MR) is 245 cm³/mol. The van der Waals surface area contributed by atoms with Gasteiger partial charge in [0.05, 0.1) is 34.4 Å². The molecule has 0 radical (unpaired) electrons. The van der Waals surface area contributed by atoms with Gasteiger partial charge in [-0.2, -0.15) is 0 Å². The molecule has 0 bridgehead atoms. The highest BCUT2D eigenvalue weighted by atomic mass is 31.2. The van der Waals surface area contributed by atoms with Crippen LogP contribution in [0.3, 0.4) is 0 Å². The van der Waals surface area contributed by atoms with E-state index in [2.05, 4.69) is 26.0 Å². The number of phosphoric acid groups is 1. The van der Waals surface area contributed by atoms with Crippen molar-refractivity contribution in [1.29, 1.82) is 0 Å². The van der Waals surface area contributed by atoms with Crippen molar-refractivity contribution in [3.05, 3.63) is 12.2 Å². The number of carbonyl (C=O) groups excluding carboxylic acids is 1. The molecule has 8 nitrogen and oxygen atoms in total. The number of phosphoric ester groups is 1. The average molecular weight is 844 g/mol. The zero-order chi connectivity index (χ0) is 42.7. The highest BCUT2D eigenvalue weighted by Gasteiger charge is 2.20. The first-order valence-electron chi connectivity index (χ1n) is 24.9. The van der Waals surface area contributed by atoms with Crippen LogP contribution >= 0.6 is 7.82 Å². The van der Waals surface area contributed by atoms with Gasteiger partial charge in [0, 0.05) is 13.0 Å². The third kappa shape index (κ3) is 46.3. The van der Waals surface area contributed by atoms with Crippen molar-refractivity contribution < 1.29 is 37.3 Å². The maximum absolute atomic E-state index is 12.7. The fourth-order valence-corrected chi connectivity index (χ4v) is 7.92. The molecule has 0 rings (SSSR count). The number of rotatable bonds is 47. The van der Waals surface area contributed by atoms with Crippen molar-refractivity contribution in [3.63, 3.8) is 0 Å². The summed E-state index contributed by atoms with van der Waals surface area (Å²) in [5, 5.41) is 0. The summed E-state index contributed by atoms with van der Waals surface area (Å²) < 4.78 is 34.7. The van der Waals surface area contributed by atoms with E-state index in [4.69, 9.17) is 18.5 Å². The van der Waals surface area contributed by atoms with Gasteiger partial charge < -0.3 is 27.9 Å². The SMILES string of the molecule is CCCCCC/C=C\CCCCCCCCOCC(COP(=O)([O-])OCC[N+](C)(C)C)OC(=O)CCCCCCCCCCCCCCCCCCCCCCCC. The summed E-state index contributed by atoms with van der Waals surface area (Å²) >= 11 is 0. The Hall–Kier alpha value is -0.760. The lowest BCUT2D eigenvalue weighted by molar-refractivity contribution is -0.870. The largest absolute Gasteiger partial charge is 0.756 e. The third-order valence-corrected chi connectivity index (χ3v) is 12.0. The van der Waals surface area contributed by atoms with E-state index in [1.165, 1.54) is 186 Å². The van der Waals surface area contributed by atoms with Gasteiger partial charge in [0.1, 0.15) is 19.3 Å². The van der Waals surface area contributed by atoms with Crippen molar-refractivity contribution >= 4 is 13.8 Å². The van der Waals surface area contributed by atoms with Crippen molar-refractivity contribution in [2.24, 2.45) is 0 Å². The first-order valence-corrected chi connectivity index (χ1v) is 26.4. The zero-order valence-corrected chi connectivity index (χ0v) is 40.2. The number of hydrogen-bond acceptors (Lipinski definition) is 7. The Morgan fingerprint density at radius 1 is 0.517 bits per heavy atom. The minimum absolute atomic E-state index is 0.0283. The van der Waals surface area contributed by atoms with Crippen molar-refractivity contribution in [1.82, 2.24) is 0 Å². The number of quaternary nitrogens is 1. The smallest absolute Gasteiger partial charge is 0.306 e. The molecule has 2 unspecified atom stereocenters. The quantitative estimate of drug-likeness (QED) is 0.0198. The van der Waals surface area contributed by atoms with Crippen molar-refractivity contribution in [2.75, 3.05) is 54.1 Å². The second-order valence-corrected chi connectivity index (χ2v) is 19.6. The highest BCUT2D eigenvalue weighted by molar-refractivity contribution is 7.45. The summed E-state index contributed by atoms with van der Waals surface area (Å²) in [6, 6.07) is 0. The third-order valence-electron chi connectivity index (χ3n) is 11.1. The molecule has 0 N–H and O–H groups in total. The number of hydrogen-bond donors (Lipinski definition) is 0. The van der Waals surface area contributed by atoms with E-state index in [1.54, 1.807) is 0 Å². The van der Waals surface area contributed by atoms with E-state index in [0.29, 0.717) is 24.1 Å². The van der Waals surface area contributed by atoms with Crippen LogP contribution in [0.5, 0.6) is 0 Å². The van der Waals surface area contributed by atoms with Crippen LogP contribution in [-0.4, -0.2) is 70.7 Å². The first-order chi connectivity index (χ1) is 28.1. The molecule has 0 spiro atoms. The zero-order valence-electron chi connectivity index (χ0n) is 39.3. The molecule has 9 heteroatoms. The molecule has 58 heavy (non-hydrogen) atoms. The molecule has 0 aromatic carbocycles. The van der Waals surface area contributed by atoms with Crippen LogP contribution in [0, 0.1) is 0 Å². The maximum atomic E-state index is 12.7. The van der Waals surface area contributed by atoms with Gasteiger partial charge >= 0.3 is 5.97 Å². The molecule has 346 valence electrons. The topological polar surface area (TPSA) is 94.1 Å². The van der Waals surface area contributed by atoms with Crippen LogP contribution in [0.15, 0.2) is 12.2 Å². The number of nitrogens with zero attached hydrogens (tertiary/aromatic N) is 1. The Morgan fingerprint density at radius 3 is 1.33 bits per heavy atom. The first kappa shape index (κ1) is 57.2. The molecule has 0 amide bonds. The molecule has 0 aliphatic heterocycles. The van der Waals surface area contributed by atoms with Gasteiger partial charge in [-0.05, 0) is 38.5 Å². The second kappa shape index (κ2) is 42.9. The lowest BCUT2D eigenvalue weighted by Crippen LogP contribution is -2.37. The average Bonchev–Trinajstić information content (AvgIpc) is 3.18. The standard InChI is InChI=1S/C49H98NO7P/c1-6-8-10-12-14-16-18-20-22-23-24-25-26-27-28-29-30-32-34-36-38-40-42-49(51)57-48(47-56-58(52,53)55-45-43-50(3,4)5)46-54-44-41-39-37-35-33-31-21-19-17-15-13-11-9-7-2/h17,19,48H,6-16,18,20-47H2,1-5H3/b19-17-. The monoisotopic (exact) mass is 844 g/mol. The van der Waals surface area contributed by atoms with Gasteiger partial charge in [-0.1, -0.05) is 206 Å². The Balaban J connectivity index is 4.08. The molecule has 0 heterocycles. The number of ether oxygens (including phenoxy) is 2. The summed E-state index contributed by atoms with van der Waals surface area (Å²) in [7, 11) is 1.37. The summed E-state index contributed by atoms with van der Waals surface area (Å²) in [6.07, 6.45) is 48.0. The molecule has 0 fully saturated rings. The number of unbranched alkanes of at least 4 members (excludes halogenated alkanes) is 31. The van der Waals surface area contributed by atoms with Crippen LogP contribution in [0.1, 0.15) is 239 Å². The molecule has 0 saturated heterocycles. The maximum Gasteiger partial charge on any atom is 0.306 e. The molecule has 2 atom stereocenters. The summed E-state index contributed by atoms with van der Waals surface area (Å²) in [5.41, 5.74) is 0. The molecule has 0 aromatic heterocycles. The van der Waals surface area contributed by atoms with E-state index in [-0.39, 0.29) is 25.8 Å². The van der Waals surface area contributed by atoms with Crippen LogP contribution in [-0.2, 0) is 27.9 Å². The van der Waals surface area contributed by atoms with Gasteiger partial charge in [-0.25, -0.2) is 0 Å². The molecule has 0 aromatic rings. The number of likely N-dealkylation sites (N-methyl/N-ethyl adjacent to an activating group) is 1. The minimum Gasteiger partial charge on any atom is -0.756 e. The molecule has 0 aliphatic rings. The molecular formula is C49H98NO7P. The summed E-state index contributed by atoms with van der Waals surface area (Å²) in [4.78, 5) is 25.1. The number of carbonyl (C=O) groups is 1. The van der Waals surface area contributed by atoms with Crippen LogP contribution < -0.4 is 4.89 Å². The van der Waals surface area contributed by atoms with E-state index in [9.17, 15) is 14.3 Å². The normalized spacial score (nSPS) is 13.7. The van der Waals surface area contributed by atoms with E-state index in [0.717, 1.165) is 32.1 Å². The van der Waals surface area contributed by atoms with Gasteiger partial charge in [-0.3, -0.25) is 9.36 Å². The van der Waals surface area contributed by atoms with Gasteiger partial charge in [-0.15, -0.1) is 0 Å². The Bertz CT molecular complexity index is 940. The van der Waals surface area contributed by atoms with Crippen LogP contribution in [0.25, 0.3) is 0 Å². The number of esters is 1. The second-order valence-electron chi connectivity index (χ2n) is 18.2. The number of allylic oxidation sites excluding steroid dienone is 2. The Kier molecular flexibility index (Phi) is 42.3. The summed E-state index contributed by atoms with van der Waals surface area (Å²) in [6.45, 7) is 5.44. The van der Waals surface area contributed by atoms with Crippen LogP contribution in [0.2, 0.25) is 0 Å². The van der Waals surface area contributed by atoms with Gasteiger partial charge in [0.2, 0.25) is 0 Å². The highest BCUT2D eigenvalue weighted by Crippen LogP contribution is 2.38. The lowest BCUT2D eigenvalue weighted by Gasteiger charge is -2.28. The lowest BCUT2D eigenvalue weighted by atomic mass is 10.0. The van der Waals surface area contributed by atoms with Gasteiger partial charge in [0.15, 0.2) is 0 Å². The van der Waals surface area contributed by atoms with Crippen LogP contribution in [0.4, 0.5) is 0 Å².